The van der Waals surface area contributed by atoms with Crippen LogP contribution in [0, 0.1) is 5.92 Å². The number of hydrogen-bond acceptors (Lipinski definition) is 4. The summed E-state index contributed by atoms with van der Waals surface area (Å²) in [6.45, 7) is 4.84. The fourth-order valence-electron chi connectivity index (χ4n) is 3.35. The van der Waals surface area contributed by atoms with Gasteiger partial charge in [-0.15, -0.1) is 0 Å². The maximum absolute atomic E-state index is 12.7. The number of hydrogen-bond donors (Lipinski definition) is 1. The Hall–Kier alpha value is -3.02. The molecule has 28 heavy (non-hydrogen) atoms. The van der Waals surface area contributed by atoms with Gasteiger partial charge in [-0.3, -0.25) is 9.59 Å². The van der Waals surface area contributed by atoms with Gasteiger partial charge >= 0.3 is 0 Å². The van der Waals surface area contributed by atoms with Crippen LogP contribution in [0.4, 0.5) is 5.69 Å². The topological polar surface area (TPSA) is 67.9 Å². The molecule has 1 fully saturated rings. The van der Waals surface area contributed by atoms with Crippen LogP contribution in [0.25, 0.3) is 0 Å². The molecule has 148 valence electrons. The number of benzene rings is 2. The standard InChI is InChI=1S/C22H26N2O4/c1-4-28-20-7-5-6-16(12-20)15(2)23-22(26)17-13-21(25)24(14-17)18-8-10-19(27-3)11-9-18/h5-12,15,17H,4,13-14H2,1-3H3,(H,23,26). The third-order valence-electron chi connectivity index (χ3n) is 4.91. The van der Waals surface area contributed by atoms with Crippen molar-refractivity contribution in [3.05, 3.63) is 54.1 Å². The summed E-state index contributed by atoms with van der Waals surface area (Å²) >= 11 is 0. The Bertz CT molecular complexity index is 835. The van der Waals surface area contributed by atoms with Crippen molar-refractivity contribution >= 4 is 17.5 Å². The fourth-order valence-corrected chi connectivity index (χ4v) is 3.35. The van der Waals surface area contributed by atoms with Crippen LogP contribution in [0.15, 0.2) is 48.5 Å². The lowest BCUT2D eigenvalue weighted by atomic mass is 10.0. The highest BCUT2D eigenvalue weighted by Crippen LogP contribution is 2.27. The molecule has 1 heterocycles. The first-order valence-electron chi connectivity index (χ1n) is 9.49. The molecule has 2 atom stereocenters. The minimum Gasteiger partial charge on any atom is -0.497 e. The predicted octanol–water partition coefficient (Wildman–Crippen LogP) is 3.32. The molecular formula is C22H26N2O4. The van der Waals surface area contributed by atoms with Gasteiger partial charge in [-0.1, -0.05) is 12.1 Å². The largest absolute Gasteiger partial charge is 0.497 e. The lowest BCUT2D eigenvalue weighted by Gasteiger charge is -2.19. The normalized spacial score (nSPS) is 17.3. The van der Waals surface area contributed by atoms with Crippen molar-refractivity contribution in [3.63, 3.8) is 0 Å². The van der Waals surface area contributed by atoms with Crippen molar-refractivity contribution in [3.8, 4) is 11.5 Å². The zero-order valence-electron chi connectivity index (χ0n) is 16.5. The molecule has 6 heteroatoms. The molecule has 1 aliphatic rings. The SMILES string of the molecule is CCOc1cccc(C(C)NC(=O)C2CC(=O)N(c3ccc(OC)cc3)C2)c1. The van der Waals surface area contributed by atoms with Gasteiger partial charge in [-0.25, -0.2) is 0 Å². The number of ether oxygens (including phenoxy) is 2. The van der Waals surface area contributed by atoms with Crippen LogP contribution in [-0.4, -0.2) is 32.1 Å². The summed E-state index contributed by atoms with van der Waals surface area (Å²) in [5.41, 5.74) is 1.74. The molecule has 0 spiro atoms. The van der Waals surface area contributed by atoms with E-state index in [-0.39, 0.29) is 30.2 Å². The summed E-state index contributed by atoms with van der Waals surface area (Å²) in [5.74, 6) is 0.984. The molecule has 6 nitrogen and oxygen atoms in total. The fraction of sp³-hybridized carbons (Fsp3) is 0.364. The van der Waals surface area contributed by atoms with E-state index in [2.05, 4.69) is 5.32 Å². The van der Waals surface area contributed by atoms with Crippen LogP contribution < -0.4 is 19.7 Å². The van der Waals surface area contributed by atoms with Gasteiger partial charge in [-0.05, 0) is 55.8 Å². The Morgan fingerprint density at radius 2 is 1.96 bits per heavy atom. The third-order valence-corrected chi connectivity index (χ3v) is 4.91. The summed E-state index contributed by atoms with van der Waals surface area (Å²) in [4.78, 5) is 26.8. The zero-order valence-corrected chi connectivity index (χ0v) is 16.5. The molecule has 0 aliphatic carbocycles. The first kappa shape index (κ1) is 19.7. The Labute approximate surface area is 165 Å². The van der Waals surface area contributed by atoms with Crippen molar-refractivity contribution in [2.45, 2.75) is 26.3 Å². The molecule has 2 aromatic carbocycles. The van der Waals surface area contributed by atoms with Gasteiger partial charge in [0, 0.05) is 18.7 Å². The zero-order chi connectivity index (χ0) is 20.1. The second-order valence-electron chi connectivity index (χ2n) is 6.84. The Morgan fingerprint density at radius 1 is 1.21 bits per heavy atom. The van der Waals surface area contributed by atoms with Gasteiger partial charge in [0.2, 0.25) is 11.8 Å². The lowest BCUT2D eigenvalue weighted by molar-refractivity contribution is -0.126. The maximum Gasteiger partial charge on any atom is 0.227 e. The van der Waals surface area contributed by atoms with E-state index in [0.717, 1.165) is 22.7 Å². The van der Waals surface area contributed by atoms with Gasteiger partial charge in [0.05, 0.1) is 25.7 Å². The molecule has 2 aromatic rings. The van der Waals surface area contributed by atoms with Gasteiger partial charge in [0.25, 0.3) is 0 Å². The highest BCUT2D eigenvalue weighted by atomic mass is 16.5. The van der Waals surface area contributed by atoms with Crippen LogP contribution >= 0.6 is 0 Å². The molecule has 3 rings (SSSR count). The van der Waals surface area contributed by atoms with E-state index in [1.165, 1.54) is 0 Å². The average Bonchev–Trinajstić information content (AvgIpc) is 3.10. The summed E-state index contributed by atoms with van der Waals surface area (Å²) in [5, 5.41) is 3.02. The van der Waals surface area contributed by atoms with Crippen LogP contribution in [0.2, 0.25) is 0 Å². The Balaban J connectivity index is 1.63. The van der Waals surface area contributed by atoms with Crippen LogP contribution in [0.1, 0.15) is 31.9 Å². The third kappa shape index (κ3) is 4.44. The molecule has 2 unspecified atom stereocenters. The number of rotatable bonds is 7. The molecule has 0 aromatic heterocycles. The first-order chi connectivity index (χ1) is 13.5. The van der Waals surface area contributed by atoms with E-state index in [4.69, 9.17) is 9.47 Å². The summed E-state index contributed by atoms with van der Waals surface area (Å²) in [6.07, 6.45) is 0.212. The van der Waals surface area contributed by atoms with E-state index in [9.17, 15) is 9.59 Å². The summed E-state index contributed by atoms with van der Waals surface area (Å²) in [6, 6.07) is 14.8. The molecule has 0 bridgehead atoms. The summed E-state index contributed by atoms with van der Waals surface area (Å²) < 4.78 is 10.7. The van der Waals surface area contributed by atoms with E-state index >= 15 is 0 Å². The van der Waals surface area contributed by atoms with Crippen molar-refractivity contribution in [1.29, 1.82) is 0 Å². The monoisotopic (exact) mass is 382 g/mol. The van der Waals surface area contributed by atoms with Crippen molar-refractivity contribution in [2.24, 2.45) is 5.92 Å². The molecule has 1 aliphatic heterocycles. The maximum atomic E-state index is 12.7. The van der Waals surface area contributed by atoms with E-state index in [1.54, 1.807) is 12.0 Å². The minimum absolute atomic E-state index is 0.0451. The predicted molar refractivity (Wildman–Crippen MR) is 108 cm³/mol. The quantitative estimate of drug-likeness (QED) is 0.798. The number of amides is 2. The molecule has 0 radical (unpaired) electrons. The second kappa shape index (κ2) is 8.78. The number of methoxy groups -OCH3 is 1. The van der Waals surface area contributed by atoms with Crippen molar-refractivity contribution in [2.75, 3.05) is 25.2 Å². The molecule has 2 amide bonds. The van der Waals surface area contributed by atoms with E-state index < -0.39 is 0 Å². The number of carbonyl (C=O) groups excluding carboxylic acids is 2. The van der Waals surface area contributed by atoms with Gasteiger partial charge in [0.15, 0.2) is 0 Å². The smallest absolute Gasteiger partial charge is 0.227 e. The highest BCUT2D eigenvalue weighted by Gasteiger charge is 2.35. The van der Waals surface area contributed by atoms with Gasteiger partial charge in [-0.2, -0.15) is 0 Å². The lowest BCUT2D eigenvalue weighted by Crippen LogP contribution is -2.34. The van der Waals surface area contributed by atoms with Gasteiger partial charge < -0.3 is 19.7 Å². The Kier molecular flexibility index (Phi) is 6.19. The number of nitrogens with zero attached hydrogens (tertiary/aromatic N) is 1. The van der Waals surface area contributed by atoms with Crippen LogP contribution in [0.3, 0.4) is 0 Å². The van der Waals surface area contributed by atoms with Crippen LogP contribution in [0.5, 0.6) is 11.5 Å². The molecular weight excluding hydrogens is 356 g/mol. The van der Waals surface area contributed by atoms with E-state index in [0.29, 0.717) is 13.2 Å². The van der Waals surface area contributed by atoms with E-state index in [1.807, 2.05) is 62.4 Å². The number of nitrogens with one attached hydrogen (secondary N) is 1. The molecule has 1 N–H and O–H groups in total. The molecule has 0 saturated carbocycles. The van der Waals surface area contributed by atoms with Crippen LogP contribution in [-0.2, 0) is 9.59 Å². The average molecular weight is 382 g/mol. The minimum atomic E-state index is -0.368. The first-order valence-corrected chi connectivity index (χ1v) is 9.49. The van der Waals surface area contributed by atoms with Crippen molar-refractivity contribution < 1.29 is 19.1 Å². The summed E-state index contributed by atoms with van der Waals surface area (Å²) in [7, 11) is 1.60. The Morgan fingerprint density at radius 3 is 2.64 bits per heavy atom. The van der Waals surface area contributed by atoms with Crippen molar-refractivity contribution in [1.82, 2.24) is 5.32 Å². The van der Waals surface area contributed by atoms with Gasteiger partial charge in [0.1, 0.15) is 11.5 Å². The second-order valence-corrected chi connectivity index (χ2v) is 6.84. The number of carbonyl (C=O) groups is 2. The molecule has 1 saturated heterocycles. The number of anilines is 1. The highest BCUT2D eigenvalue weighted by molar-refractivity contribution is 6.00.